The number of hydrogen-bond acceptors (Lipinski definition) is 7. The van der Waals surface area contributed by atoms with Gasteiger partial charge in [0.25, 0.3) is 0 Å². The fraction of sp³-hybridized carbons (Fsp3) is 0.362. The highest BCUT2D eigenvalue weighted by atomic mass is 31.2. The van der Waals surface area contributed by atoms with Crippen molar-refractivity contribution in [3.8, 4) is 0 Å². The van der Waals surface area contributed by atoms with Crippen molar-refractivity contribution < 1.29 is 28.3 Å². The summed E-state index contributed by atoms with van der Waals surface area (Å²) in [7, 11) is -2.35. The molecule has 2 fully saturated rings. The Morgan fingerprint density at radius 2 is 1.37 bits per heavy atom. The van der Waals surface area contributed by atoms with E-state index in [4.69, 9.17) is 13.9 Å². The van der Waals surface area contributed by atoms with Gasteiger partial charge in [0, 0.05) is 38.5 Å². The lowest BCUT2D eigenvalue weighted by Gasteiger charge is -2.53. The first-order valence-corrected chi connectivity index (χ1v) is 24.6. The Hall–Kier alpha value is -4.37. The number of ketones is 1. The highest BCUT2D eigenvalue weighted by Gasteiger charge is 2.57. The second-order valence-corrected chi connectivity index (χ2v) is 24.6. The molecule has 4 aromatic carbocycles. The monoisotopic (exact) mass is 804 g/mol. The number of Topliss-reactive ketones (excluding diaryl/α,β-unsaturated/α-hetero) is 1. The van der Waals surface area contributed by atoms with Gasteiger partial charge in [-0.1, -0.05) is 149 Å². The first-order valence-electron chi connectivity index (χ1n) is 19.9. The summed E-state index contributed by atoms with van der Waals surface area (Å²) in [5.41, 5.74) is 1.92. The summed E-state index contributed by atoms with van der Waals surface area (Å²) in [6, 6.07) is 36.9. The number of rotatable bonds is 15. The lowest BCUT2D eigenvalue weighted by Crippen LogP contribution is -2.69. The lowest BCUT2D eigenvalue weighted by molar-refractivity contribution is -0.156. The molecule has 8 nitrogen and oxygen atoms in total. The van der Waals surface area contributed by atoms with Crippen molar-refractivity contribution in [3.05, 3.63) is 139 Å². The maximum Gasteiger partial charge on any atom is 0.356 e. The van der Waals surface area contributed by atoms with Crippen LogP contribution in [0.2, 0.25) is 18.1 Å². The van der Waals surface area contributed by atoms with Crippen LogP contribution in [-0.2, 0) is 30.0 Å². The second kappa shape index (κ2) is 18.0. The maximum absolute atomic E-state index is 15.2. The van der Waals surface area contributed by atoms with Crippen molar-refractivity contribution in [2.45, 2.75) is 70.9 Å². The normalized spacial score (nSPS) is 18.4. The number of likely N-dealkylation sites (tertiary alicyclic amines) is 1. The predicted molar refractivity (Wildman–Crippen MR) is 235 cm³/mol. The molecule has 0 aromatic heterocycles. The van der Waals surface area contributed by atoms with Crippen LogP contribution >= 0.6 is 6.89 Å². The van der Waals surface area contributed by atoms with Crippen molar-refractivity contribution in [1.29, 1.82) is 0 Å². The molecule has 0 bridgehead atoms. The number of carbonyl (C=O) groups is 3. The zero-order valence-electron chi connectivity index (χ0n) is 34.2. The molecule has 0 spiro atoms. The third-order valence-electron chi connectivity index (χ3n) is 11.7. The van der Waals surface area contributed by atoms with E-state index in [2.05, 4.69) is 45.3 Å². The van der Waals surface area contributed by atoms with Gasteiger partial charge >= 0.3 is 5.97 Å². The second-order valence-electron chi connectivity index (χ2n) is 16.5. The average Bonchev–Trinajstić information content (AvgIpc) is 3.21. The minimum Gasteiger partial charge on any atom is -0.457 e. The van der Waals surface area contributed by atoms with Gasteiger partial charge in [-0.2, -0.15) is 0 Å². The zero-order chi connectivity index (χ0) is 40.8. The molecule has 10 heteroatoms. The summed E-state index contributed by atoms with van der Waals surface area (Å²) in [5.74, 6) is -1.65. The third-order valence-corrected chi connectivity index (χ3v) is 20.6. The van der Waals surface area contributed by atoms with E-state index in [9.17, 15) is 9.59 Å². The number of hydrogen-bond donors (Lipinski definition) is 0. The Balaban J connectivity index is 1.54. The molecule has 0 N–H and O–H groups in total. The zero-order valence-corrected chi connectivity index (χ0v) is 36.1. The number of amides is 1. The van der Waals surface area contributed by atoms with E-state index < -0.39 is 39.2 Å². The van der Waals surface area contributed by atoms with Crippen molar-refractivity contribution in [3.63, 3.8) is 0 Å². The minimum atomic E-state index is -3.16. The third kappa shape index (κ3) is 8.88. The number of β-lactam (4-membered cyclic amide) rings is 1. The molecular formula is C47H57N2O6PSi. The van der Waals surface area contributed by atoms with Crippen LogP contribution in [0, 0.1) is 5.92 Å². The van der Waals surface area contributed by atoms with Gasteiger partial charge in [-0.3, -0.25) is 14.5 Å². The van der Waals surface area contributed by atoms with Crippen LogP contribution in [0.25, 0.3) is 0 Å². The van der Waals surface area contributed by atoms with Gasteiger partial charge in [-0.25, -0.2) is 4.79 Å². The van der Waals surface area contributed by atoms with Crippen molar-refractivity contribution in [1.82, 2.24) is 9.80 Å². The van der Waals surface area contributed by atoms with Gasteiger partial charge in [-0.15, -0.1) is 0 Å². The van der Waals surface area contributed by atoms with Gasteiger partial charge < -0.3 is 18.8 Å². The molecule has 6 rings (SSSR count). The average molecular weight is 805 g/mol. The molecule has 2 aliphatic rings. The van der Waals surface area contributed by atoms with Gasteiger partial charge in [0.15, 0.2) is 14.1 Å². The molecule has 4 aromatic rings. The predicted octanol–water partition coefficient (Wildman–Crippen LogP) is 7.18. The van der Waals surface area contributed by atoms with Gasteiger partial charge in [0.1, 0.15) is 12.0 Å². The number of nitrogens with zero attached hydrogens (tertiary/aromatic N) is 2. The SMILES string of the molecule is C=CCOC(=O)C(N1C(=O)[C@H]([C@@H](C)O[Si](C)(C)C(C)(C)C)[C@H]1CC(=O)c1ccc(CN2CCOCC2)cc1)=P(c1ccccc1)(c1ccccc1)c1ccccc1. The molecule has 0 unspecified atom stereocenters. The Morgan fingerprint density at radius 3 is 1.84 bits per heavy atom. The van der Waals surface area contributed by atoms with Crippen LogP contribution in [0.3, 0.4) is 0 Å². The fourth-order valence-electron chi connectivity index (χ4n) is 7.76. The van der Waals surface area contributed by atoms with E-state index in [-0.39, 0.29) is 35.2 Å². The first-order chi connectivity index (χ1) is 27.3. The quantitative estimate of drug-likeness (QED) is 0.0315. The Kier molecular flexibility index (Phi) is 13.4. The molecule has 0 saturated carbocycles. The molecule has 0 radical (unpaired) electrons. The van der Waals surface area contributed by atoms with Crippen molar-refractivity contribution >= 4 is 54.2 Å². The Morgan fingerprint density at radius 1 is 0.860 bits per heavy atom. The summed E-state index contributed by atoms with van der Waals surface area (Å²) in [5, 5.41) is 2.55. The van der Waals surface area contributed by atoms with E-state index in [0.717, 1.165) is 41.1 Å². The number of esters is 1. The highest BCUT2D eigenvalue weighted by molar-refractivity contribution is 7.96. The smallest absolute Gasteiger partial charge is 0.356 e. The van der Waals surface area contributed by atoms with Crippen LogP contribution in [0.4, 0.5) is 0 Å². The Bertz CT molecular complexity index is 1970. The fourth-order valence-corrected chi connectivity index (χ4v) is 13.6. The molecule has 2 heterocycles. The van der Waals surface area contributed by atoms with E-state index in [1.54, 1.807) is 4.90 Å². The van der Waals surface area contributed by atoms with Crippen LogP contribution in [-0.4, -0.2) is 86.3 Å². The summed E-state index contributed by atoms with van der Waals surface area (Å²) >= 11 is 0. The van der Waals surface area contributed by atoms with E-state index >= 15 is 4.79 Å². The molecule has 1 amide bonds. The maximum atomic E-state index is 15.2. The molecular weight excluding hydrogens is 748 g/mol. The highest BCUT2D eigenvalue weighted by Crippen LogP contribution is 2.50. The number of benzene rings is 4. The van der Waals surface area contributed by atoms with Gasteiger partial charge in [0.05, 0.1) is 31.3 Å². The van der Waals surface area contributed by atoms with Gasteiger partial charge in [-0.05, 0) is 46.5 Å². The van der Waals surface area contributed by atoms with Crippen LogP contribution in [0.1, 0.15) is 50.0 Å². The first kappa shape index (κ1) is 42.2. The van der Waals surface area contributed by atoms with E-state index in [0.29, 0.717) is 18.8 Å². The van der Waals surface area contributed by atoms with Crippen LogP contribution in [0.5, 0.6) is 0 Å². The summed E-state index contributed by atoms with van der Waals surface area (Å²) in [6.45, 7) is 17.4. The molecule has 0 aliphatic carbocycles. The largest absolute Gasteiger partial charge is 0.457 e. The minimum absolute atomic E-state index is 0.00102. The molecule has 57 heavy (non-hydrogen) atoms. The van der Waals surface area contributed by atoms with E-state index in [1.165, 1.54) is 6.08 Å². The number of carbonyl (C=O) groups excluding carboxylic acids is 3. The van der Waals surface area contributed by atoms with Crippen molar-refractivity contribution in [2.24, 2.45) is 5.92 Å². The van der Waals surface area contributed by atoms with Crippen molar-refractivity contribution in [2.75, 3.05) is 32.9 Å². The molecule has 300 valence electrons. The molecule has 2 saturated heterocycles. The Labute approximate surface area is 339 Å². The summed E-state index contributed by atoms with van der Waals surface area (Å²) in [4.78, 5) is 48.6. The number of morpholine rings is 1. The molecule has 2 aliphatic heterocycles. The van der Waals surface area contributed by atoms with Crippen LogP contribution < -0.4 is 15.9 Å². The summed E-state index contributed by atoms with van der Waals surface area (Å²) < 4.78 is 18.4. The lowest BCUT2D eigenvalue weighted by atomic mass is 9.79. The van der Waals surface area contributed by atoms with Gasteiger partial charge in [0.2, 0.25) is 5.91 Å². The molecule has 3 atom stereocenters. The number of ether oxygens (including phenoxy) is 2. The topological polar surface area (TPSA) is 85.4 Å². The summed E-state index contributed by atoms with van der Waals surface area (Å²) in [6.07, 6.45) is 1.02. The standard InChI is InChI=1S/C47H57N2O6PSi/c1-8-30-54-46(52)45(56(38-18-12-9-13-19-38,39-20-14-10-15-21-39)40-22-16-11-17-23-40)49-41(43(44(49)51)35(2)55-57(6,7)47(3,4)5)33-42(50)37-26-24-36(25-27-37)34-48-28-31-53-32-29-48/h8-27,35,41,43H,1,28-34H2,2-7H3/t35-,41-,43-/m1/s1. The van der Waals surface area contributed by atoms with Crippen LogP contribution in [0.15, 0.2) is 128 Å². The van der Waals surface area contributed by atoms with E-state index in [1.807, 2.05) is 122 Å².